The highest BCUT2D eigenvalue weighted by molar-refractivity contribution is 5.83. The highest BCUT2D eigenvalue weighted by Gasteiger charge is 2.32. The Morgan fingerprint density at radius 3 is 2.20 bits per heavy atom. The molecule has 15 heavy (non-hydrogen) atoms. The molecule has 86 valence electrons. The normalized spacial score (nSPS) is 14.7. The first-order valence-corrected chi connectivity index (χ1v) is 4.53. The van der Waals surface area contributed by atoms with Crippen LogP contribution in [-0.4, -0.2) is 37.4 Å². The van der Waals surface area contributed by atoms with Crippen molar-refractivity contribution < 1.29 is 24.2 Å². The Labute approximate surface area is 88.7 Å². The molecule has 0 amide bonds. The van der Waals surface area contributed by atoms with E-state index in [1.807, 2.05) is 0 Å². The van der Waals surface area contributed by atoms with E-state index >= 15 is 0 Å². The van der Waals surface area contributed by atoms with Gasteiger partial charge in [-0.1, -0.05) is 12.2 Å². The van der Waals surface area contributed by atoms with E-state index < -0.39 is 24.0 Å². The van der Waals surface area contributed by atoms with E-state index in [-0.39, 0.29) is 6.42 Å². The second-order valence-electron chi connectivity index (χ2n) is 2.90. The zero-order valence-corrected chi connectivity index (χ0v) is 9.10. The predicted molar refractivity (Wildman–Crippen MR) is 53.0 cm³/mol. The molecule has 0 aliphatic carbocycles. The molecule has 0 saturated heterocycles. The topological polar surface area (TPSA) is 72.8 Å². The summed E-state index contributed by atoms with van der Waals surface area (Å²) in [6.07, 6.45) is 2.14. The van der Waals surface area contributed by atoms with Crippen LogP contribution in [-0.2, 0) is 19.1 Å². The monoisotopic (exact) mass is 216 g/mol. The first kappa shape index (κ1) is 13.6. The lowest BCUT2D eigenvalue weighted by atomic mass is 9.98. The number of aliphatic hydroxyl groups excluding tert-OH is 1. The van der Waals surface area contributed by atoms with Gasteiger partial charge in [-0.25, -0.2) is 4.79 Å². The Kier molecular flexibility index (Phi) is 6.37. The fourth-order valence-electron chi connectivity index (χ4n) is 1.07. The van der Waals surface area contributed by atoms with Gasteiger partial charge in [0, 0.05) is 0 Å². The summed E-state index contributed by atoms with van der Waals surface area (Å²) < 4.78 is 8.83. The van der Waals surface area contributed by atoms with Crippen molar-refractivity contribution in [2.45, 2.75) is 19.4 Å². The number of carbonyl (C=O) groups is 2. The van der Waals surface area contributed by atoms with Gasteiger partial charge in [-0.2, -0.15) is 0 Å². The summed E-state index contributed by atoms with van der Waals surface area (Å²) in [6.45, 7) is 1.78. The predicted octanol–water partition coefficient (Wildman–Crippen LogP) is 0.276. The van der Waals surface area contributed by atoms with Crippen molar-refractivity contribution in [3.8, 4) is 0 Å². The van der Waals surface area contributed by atoms with Gasteiger partial charge in [0.05, 0.1) is 20.1 Å². The van der Waals surface area contributed by atoms with Crippen LogP contribution in [0.5, 0.6) is 0 Å². The van der Waals surface area contributed by atoms with Crippen LogP contribution in [0.15, 0.2) is 12.2 Å². The van der Waals surface area contributed by atoms with Gasteiger partial charge < -0.3 is 14.6 Å². The number of esters is 2. The molecule has 0 aliphatic heterocycles. The number of ether oxygens (including phenoxy) is 2. The molecule has 0 rings (SSSR count). The number of carbonyl (C=O) groups excluding carboxylic acids is 2. The summed E-state index contributed by atoms with van der Waals surface area (Å²) in [5.74, 6) is -2.39. The third-order valence-electron chi connectivity index (χ3n) is 1.95. The molecule has 0 radical (unpaired) electrons. The third-order valence-corrected chi connectivity index (χ3v) is 1.95. The largest absolute Gasteiger partial charge is 0.469 e. The molecule has 0 fully saturated rings. The van der Waals surface area contributed by atoms with Crippen molar-refractivity contribution in [1.29, 1.82) is 0 Å². The van der Waals surface area contributed by atoms with Crippen molar-refractivity contribution in [1.82, 2.24) is 0 Å². The second-order valence-corrected chi connectivity index (χ2v) is 2.90. The molecule has 0 aromatic carbocycles. The minimum atomic E-state index is -1.49. The van der Waals surface area contributed by atoms with E-state index in [2.05, 4.69) is 9.47 Å². The van der Waals surface area contributed by atoms with Crippen molar-refractivity contribution in [2.24, 2.45) is 5.92 Å². The molecular formula is C10H16O5. The molecule has 0 spiro atoms. The van der Waals surface area contributed by atoms with Gasteiger partial charge in [-0.3, -0.25) is 4.79 Å². The number of hydrogen-bond donors (Lipinski definition) is 1. The highest BCUT2D eigenvalue weighted by Crippen LogP contribution is 2.13. The third kappa shape index (κ3) is 4.12. The molecule has 0 saturated carbocycles. The average molecular weight is 216 g/mol. The molecule has 0 aromatic heterocycles. The van der Waals surface area contributed by atoms with Gasteiger partial charge >= 0.3 is 11.9 Å². The van der Waals surface area contributed by atoms with Crippen molar-refractivity contribution in [3.63, 3.8) is 0 Å². The lowest BCUT2D eigenvalue weighted by Gasteiger charge is -2.17. The summed E-state index contributed by atoms with van der Waals surface area (Å²) in [6, 6.07) is 0. The fourth-order valence-corrected chi connectivity index (χ4v) is 1.07. The summed E-state index contributed by atoms with van der Waals surface area (Å²) in [5.41, 5.74) is 0. The molecule has 0 aromatic rings. The Bertz CT molecular complexity index is 246. The van der Waals surface area contributed by atoms with Gasteiger partial charge in [0.2, 0.25) is 0 Å². The van der Waals surface area contributed by atoms with Gasteiger partial charge in [0.1, 0.15) is 0 Å². The van der Waals surface area contributed by atoms with E-state index in [9.17, 15) is 14.7 Å². The smallest absolute Gasteiger partial charge is 0.335 e. The molecule has 1 N–H and O–H groups in total. The standard InChI is InChI=1S/C10H16O5/c1-4-5-6-7(9(12)14-2)8(11)10(13)15-3/h4-5,7-8,11H,6H2,1-3H3/b5-4+. The SMILES string of the molecule is C/C=C/CC(C(=O)OC)C(O)C(=O)OC. The van der Waals surface area contributed by atoms with Gasteiger partial charge in [-0.15, -0.1) is 0 Å². The van der Waals surface area contributed by atoms with E-state index in [1.165, 1.54) is 7.11 Å². The van der Waals surface area contributed by atoms with Crippen LogP contribution < -0.4 is 0 Å². The van der Waals surface area contributed by atoms with E-state index in [0.717, 1.165) is 7.11 Å². The van der Waals surface area contributed by atoms with Gasteiger partial charge in [0.15, 0.2) is 6.10 Å². The van der Waals surface area contributed by atoms with Crippen molar-refractivity contribution >= 4 is 11.9 Å². The van der Waals surface area contributed by atoms with Crippen LogP contribution in [0.2, 0.25) is 0 Å². The molecule has 2 atom stereocenters. The maximum Gasteiger partial charge on any atom is 0.335 e. The molecular weight excluding hydrogens is 200 g/mol. The number of aliphatic hydroxyl groups is 1. The minimum Gasteiger partial charge on any atom is -0.469 e. The molecule has 0 heterocycles. The minimum absolute atomic E-state index is 0.236. The van der Waals surface area contributed by atoms with Crippen LogP contribution in [0.4, 0.5) is 0 Å². The zero-order chi connectivity index (χ0) is 11.8. The summed E-state index contributed by atoms with van der Waals surface area (Å²) >= 11 is 0. The quantitative estimate of drug-likeness (QED) is 0.527. The second kappa shape index (κ2) is 7.00. The molecule has 0 bridgehead atoms. The Hall–Kier alpha value is -1.36. The number of methoxy groups -OCH3 is 2. The van der Waals surface area contributed by atoms with E-state index in [4.69, 9.17) is 0 Å². The molecule has 5 nitrogen and oxygen atoms in total. The Morgan fingerprint density at radius 2 is 1.80 bits per heavy atom. The lowest BCUT2D eigenvalue weighted by Crippen LogP contribution is -2.36. The van der Waals surface area contributed by atoms with Crippen molar-refractivity contribution in [3.05, 3.63) is 12.2 Å². The van der Waals surface area contributed by atoms with Crippen molar-refractivity contribution in [2.75, 3.05) is 14.2 Å². The van der Waals surface area contributed by atoms with Gasteiger partial charge in [0.25, 0.3) is 0 Å². The maximum atomic E-state index is 11.3. The molecule has 5 heteroatoms. The molecule has 2 unspecified atom stereocenters. The number of allylic oxidation sites excluding steroid dienone is 2. The summed E-state index contributed by atoms with van der Waals surface area (Å²) in [5, 5.41) is 9.50. The number of hydrogen-bond acceptors (Lipinski definition) is 5. The zero-order valence-electron chi connectivity index (χ0n) is 9.10. The fraction of sp³-hybridized carbons (Fsp3) is 0.600. The van der Waals surface area contributed by atoms with Crippen LogP contribution in [0.3, 0.4) is 0 Å². The highest BCUT2D eigenvalue weighted by atomic mass is 16.5. The van der Waals surface area contributed by atoms with Crippen LogP contribution >= 0.6 is 0 Å². The van der Waals surface area contributed by atoms with Crippen LogP contribution in [0, 0.1) is 5.92 Å². The van der Waals surface area contributed by atoms with E-state index in [1.54, 1.807) is 19.1 Å². The summed E-state index contributed by atoms with van der Waals surface area (Å²) in [7, 11) is 2.35. The maximum absolute atomic E-state index is 11.3. The van der Waals surface area contributed by atoms with Crippen LogP contribution in [0.25, 0.3) is 0 Å². The Balaban J connectivity index is 4.60. The van der Waals surface area contributed by atoms with E-state index in [0.29, 0.717) is 0 Å². The Morgan fingerprint density at radius 1 is 1.27 bits per heavy atom. The summed E-state index contributed by atoms with van der Waals surface area (Å²) in [4.78, 5) is 22.3. The first-order valence-electron chi connectivity index (χ1n) is 4.53. The first-order chi connectivity index (χ1) is 7.08. The molecule has 0 aliphatic rings. The average Bonchev–Trinajstić information content (AvgIpc) is 2.27. The van der Waals surface area contributed by atoms with Crippen LogP contribution in [0.1, 0.15) is 13.3 Å². The lowest BCUT2D eigenvalue weighted by molar-refractivity contribution is -0.163. The van der Waals surface area contributed by atoms with Gasteiger partial charge in [-0.05, 0) is 13.3 Å². The number of rotatable bonds is 5.